The van der Waals surface area contributed by atoms with E-state index in [0.29, 0.717) is 12.2 Å². The lowest BCUT2D eigenvalue weighted by Gasteiger charge is -2.06. The van der Waals surface area contributed by atoms with Crippen LogP contribution in [0.1, 0.15) is 33.6 Å². The van der Waals surface area contributed by atoms with Crippen LogP contribution in [-0.4, -0.2) is 11.0 Å². The lowest BCUT2D eigenvalue weighted by Crippen LogP contribution is -2.05. The molecule has 0 aliphatic carbocycles. The van der Waals surface area contributed by atoms with E-state index in [4.69, 9.17) is 4.74 Å². The van der Waals surface area contributed by atoms with Crippen molar-refractivity contribution >= 4 is 5.97 Å². The second-order valence-corrected chi connectivity index (χ2v) is 5.93. The minimum Gasteiger partial charge on any atom is -0.457 e. The molecule has 0 saturated heterocycles. The molecule has 3 nitrogen and oxygen atoms in total. The van der Waals surface area contributed by atoms with Gasteiger partial charge in [0.25, 0.3) is 0 Å². The summed E-state index contributed by atoms with van der Waals surface area (Å²) in [5, 5.41) is 0. The normalized spacial score (nSPS) is 10.4. The number of hydrogen-bond donors (Lipinski definition) is 0. The Morgan fingerprint density at radius 1 is 0.800 bits per heavy atom. The third-order valence-corrected chi connectivity index (χ3v) is 4.03. The molecule has 0 amide bonds. The Balaban J connectivity index is 1.47. The summed E-state index contributed by atoms with van der Waals surface area (Å²) in [5.74, 6) is -0.288. The van der Waals surface area contributed by atoms with E-state index in [9.17, 15) is 4.79 Å². The predicted molar refractivity (Wildman–Crippen MR) is 98.3 cm³/mol. The molecular formula is C22H21NO2. The zero-order valence-corrected chi connectivity index (χ0v) is 14.1. The van der Waals surface area contributed by atoms with Crippen LogP contribution in [0.3, 0.4) is 0 Å². The van der Waals surface area contributed by atoms with E-state index in [2.05, 4.69) is 4.98 Å². The van der Waals surface area contributed by atoms with Gasteiger partial charge < -0.3 is 4.74 Å². The minimum atomic E-state index is -0.288. The summed E-state index contributed by atoms with van der Waals surface area (Å²) in [7, 11) is 0. The number of ether oxygens (including phenoxy) is 1. The van der Waals surface area contributed by atoms with E-state index >= 15 is 0 Å². The Morgan fingerprint density at radius 3 is 2.28 bits per heavy atom. The number of rotatable bonds is 7. The van der Waals surface area contributed by atoms with Crippen LogP contribution < -0.4 is 0 Å². The number of carbonyl (C=O) groups excluding carboxylic acids is 1. The molecule has 1 heterocycles. The van der Waals surface area contributed by atoms with Crippen molar-refractivity contribution in [3.05, 3.63) is 101 Å². The Hall–Kier alpha value is -2.94. The first kappa shape index (κ1) is 16.9. The molecule has 0 atom stereocenters. The van der Waals surface area contributed by atoms with Gasteiger partial charge in [-0.1, -0.05) is 48.5 Å². The van der Waals surface area contributed by atoms with Gasteiger partial charge >= 0.3 is 5.97 Å². The van der Waals surface area contributed by atoms with Crippen LogP contribution in [0.5, 0.6) is 0 Å². The lowest BCUT2D eigenvalue weighted by molar-refractivity contribution is 0.0472. The van der Waals surface area contributed by atoms with Gasteiger partial charge in [0.05, 0.1) is 5.56 Å². The van der Waals surface area contributed by atoms with Crippen LogP contribution in [0.2, 0.25) is 0 Å². The van der Waals surface area contributed by atoms with Crippen molar-refractivity contribution < 1.29 is 9.53 Å². The van der Waals surface area contributed by atoms with E-state index in [0.717, 1.165) is 30.5 Å². The van der Waals surface area contributed by atoms with Gasteiger partial charge in [-0.2, -0.15) is 0 Å². The Kier molecular flexibility index (Phi) is 5.94. The Labute approximate surface area is 148 Å². The largest absolute Gasteiger partial charge is 0.457 e. The van der Waals surface area contributed by atoms with Crippen LogP contribution in [0.25, 0.3) is 0 Å². The van der Waals surface area contributed by atoms with Crippen LogP contribution in [0.4, 0.5) is 0 Å². The smallest absolute Gasteiger partial charge is 0.338 e. The zero-order valence-electron chi connectivity index (χ0n) is 14.1. The SMILES string of the molecule is O=C(OCc1ccccc1)c1ccc(CCCc2ccccn2)cc1. The fourth-order valence-electron chi connectivity index (χ4n) is 2.63. The standard InChI is InChI=1S/C22H21NO2/c24-22(25-17-19-7-2-1-3-8-19)20-14-12-18(13-15-20)9-6-11-21-10-4-5-16-23-21/h1-5,7-8,10,12-16H,6,9,11,17H2. The molecule has 2 aromatic carbocycles. The highest BCUT2D eigenvalue weighted by atomic mass is 16.5. The average molecular weight is 331 g/mol. The Bertz CT molecular complexity index is 783. The highest BCUT2D eigenvalue weighted by Crippen LogP contribution is 2.11. The number of esters is 1. The van der Waals surface area contributed by atoms with Gasteiger partial charge in [0.1, 0.15) is 6.61 Å². The summed E-state index contributed by atoms with van der Waals surface area (Å²) in [6, 6.07) is 23.4. The van der Waals surface area contributed by atoms with E-state index in [-0.39, 0.29) is 5.97 Å². The number of aromatic nitrogens is 1. The first-order valence-corrected chi connectivity index (χ1v) is 8.51. The van der Waals surface area contributed by atoms with E-state index in [1.165, 1.54) is 5.56 Å². The van der Waals surface area contributed by atoms with Crippen LogP contribution in [0.15, 0.2) is 79.0 Å². The lowest BCUT2D eigenvalue weighted by atomic mass is 10.0. The molecule has 0 N–H and O–H groups in total. The summed E-state index contributed by atoms with van der Waals surface area (Å²) in [6.07, 6.45) is 4.79. The minimum absolute atomic E-state index is 0.288. The Morgan fingerprint density at radius 2 is 1.56 bits per heavy atom. The number of pyridine rings is 1. The van der Waals surface area contributed by atoms with Crippen molar-refractivity contribution in [1.29, 1.82) is 0 Å². The highest BCUT2D eigenvalue weighted by Gasteiger charge is 2.07. The van der Waals surface area contributed by atoms with Crippen LogP contribution in [0, 0.1) is 0 Å². The monoisotopic (exact) mass is 331 g/mol. The van der Waals surface area contributed by atoms with E-state index in [1.54, 1.807) is 0 Å². The van der Waals surface area contributed by atoms with Crippen molar-refractivity contribution in [3.8, 4) is 0 Å². The topological polar surface area (TPSA) is 39.2 Å². The summed E-state index contributed by atoms with van der Waals surface area (Å²) in [4.78, 5) is 16.4. The first-order valence-electron chi connectivity index (χ1n) is 8.51. The fraction of sp³-hybridized carbons (Fsp3) is 0.182. The van der Waals surface area contributed by atoms with Gasteiger partial charge in [0, 0.05) is 11.9 Å². The van der Waals surface area contributed by atoms with Crippen molar-refractivity contribution in [2.45, 2.75) is 25.9 Å². The fourth-order valence-corrected chi connectivity index (χ4v) is 2.63. The molecule has 25 heavy (non-hydrogen) atoms. The molecule has 0 aliphatic heterocycles. The molecule has 0 aliphatic rings. The van der Waals surface area contributed by atoms with Crippen LogP contribution >= 0.6 is 0 Å². The molecule has 0 fully saturated rings. The van der Waals surface area contributed by atoms with Crippen molar-refractivity contribution in [2.75, 3.05) is 0 Å². The second-order valence-electron chi connectivity index (χ2n) is 5.93. The van der Waals surface area contributed by atoms with Crippen molar-refractivity contribution in [3.63, 3.8) is 0 Å². The molecule has 0 unspecified atom stereocenters. The second kappa shape index (κ2) is 8.78. The zero-order chi connectivity index (χ0) is 17.3. The molecule has 0 spiro atoms. The highest BCUT2D eigenvalue weighted by molar-refractivity contribution is 5.89. The van der Waals surface area contributed by atoms with Crippen LogP contribution in [-0.2, 0) is 24.2 Å². The van der Waals surface area contributed by atoms with E-state index < -0.39 is 0 Å². The van der Waals surface area contributed by atoms with Gasteiger partial charge in [-0.25, -0.2) is 4.79 Å². The van der Waals surface area contributed by atoms with Gasteiger partial charge in [-0.05, 0) is 54.7 Å². The third-order valence-electron chi connectivity index (χ3n) is 4.03. The molecule has 3 heteroatoms. The molecule has 126 valence electrons. The van der Waals surface area contributed by atoms with Gasteiger partial charge in [0.2, 0.25) is 0 Å². The molecule has 1 aromatic heterocycles. The van der Waals surface area contributed by atoms with E-state index in [1.807, 2.05) is 79.0 Å². The van der Waals surface area contributed by atoms with Crippen molar-refractivity contribution in [2.24, 2.45) is 0 Å². The molecule has 0 saturated carbocycles. The van der Waals surface area contributed by atoms with Gasteiger partial charge in [-0.15, -0.1) is 0 Å². The predicted octanol–water partition coefficient (Wildman–Crippen LogP) is 4.61. The average Bonchev–Trinajstić information content (AvgIpc) is 2.68. The van der Waals surface area contributed by atoms with Gasteiger partial charge in [0.15, 0.2) is 0 Å². The quantitative estimate of drug-likeness (QED) is 0.593. The first-order chi connectivity index (χ1) is 12.3. The molecule has 3 rings (SSSR count). The maximum absolute atomic E-state index is 12.1. The summed E-state index contributed by atoms with van der Waals surface area (Å²) in [5.41, 5.74) is 3.91. The number of benzene rings is 2. The molecule has 3 aromatic rings. The summed E-state index contributed by atoms with van der Waals surface area (Å²) >= 11 is 0. The van der Waals surface area contributed by atoms with Gasteiger partial charge in [-0.3, -0.25) is 4.98 Å². The summed E-state index contributed by atoms with van der Waals surface area (Å²) in [6.45, 7) is 0.297. The summed E-state index contributed by atoms with van der Waals surface area (Å²) < 4.78 is 5.35. The third kappa shape index (κ3) is 5.28. The number of carbonyl (C=O) groups is 1. The number of aryl methyl sites for hydroxylation is 2. The maximum Gasteiger partial charge on any atom is 0.338 e. The number of hydrogen-bond acceptors (Lipinski definition) is 3. The number of nitrogens with zero attached hydrogens (tertiary/aromatic N) is 1. The maximum atomic E-state index is 12.1. The van der Waals surface area contributed by atoms with Crippen molar-refractivity contribution in [1.82, 2.24) is 4.98 Å². The molecule has 0 bridgehead atoms. The molecule has 0 radical (unpaired) electrons. The molecular weight excluding hydrogens is 310 g/mol.